The molecule has 0 radical (unpaired) electrons. The summed E-state index contributed by atoms with van der Waals surface area (Å²) in [5.41, 5.74) is 1.68. The number of aliphatic hydroxyl groups excluding tert-OH is 1. The minimum absolute atomic E-state index is 0.00700. The molecule has 1 heteroatoms. The summed E-state index contributed by atoms with van der Waals surface area (Å²) in [6, 6.07) is 0. The standard InChI is InChI=1S/C27H48O/c1-25(2,3)15-7-6-8-19-10-12-23-22-11-9-20-18-21(28)13-16-27(20,5)24(22)14-17-26(19,23)4/h19-24,28H,6-18H2,1-5H3/t19-,20?,21-,22-,23?,24?,26+,27-/m0/s1. The molecule has 0 heterocycles. The quantitative estimate of drug-likeness (QED) is 0.491. The first-order valence-electron chi connectivity index (χ1n) is 12.8. The van der Waals surface area contributed by atoms with Crippen LogP contribution in [-0.2, 0) is 0 Å². The van der Waals surface area contributed by atoms with Crippen LogP contribution in [0.4, 0.5) is 0 Å². The molecular formula is C27H48O. The summed E-state index contributed by atoms with van der Waals surface area (Å²) in [5, 5.41) is 10.2. The average molecular weight is 389 g/mol. The largest absolute Gasteiger partial charge is 0.393 e. The first-order chi connectivity index (χ1) is 13.1. The monoisotopic (exact) mass is 388 g/mol. The molecule has 4 aliphatic rings. The summed E-state index contributed by atoms with van der Waals surface area (Å²) in [4.78, 5) is 0. The molecule has 0 aromatic carbocycles. The predicted molar refractivity (Wildman–Crippen MR) is 119 cm³/mol. The van der Waals surface area contributed by atoms with Gasteiger partial charge in [0.05, 0.1) is 6.10 Å². The van der Waals surface area contributed by atoms with Gasteiger partial charge in [-0.25, -0.2) is 0 Å². The van der Waals surface area contributed by atoms with Crippen LogP contribution in [0, 0.1) is 45.8 Å². The van der Waals surface area contributed by atoms with Crippen molar-refractivity contribution in [2.75, 3.05) is 0 Å². The Morgan fingerprint density at radius 2 is 1.54 bits per heavy atom. The van der Waals surface area contributed by atoms with E-state index in [0.29, 0.717) is 16.2 Å². The molecule has 8 atom stereocenters. The molecule has 0 saturated heterocycles. The second kappa shape index (κ2) is 7.58. The molecule has 0 bridgehead atoms. The highest BCUT2D eigenvalue weighted by Gasteiger charge is 2.59. The molecule has 4 rings (SSSR count). The van der Waals surface area contributed by atoms with Crippen molar-refractivity contribution in [1.82, 2.24) is 0 Å². The lowest BCUT2D eigenvalue weighted by Gasteiger charge is -2.61. The third kappa shape index (κ3) is 3.72. The van der Waals surface area contributed by atoms with Crippen LogP contribution < -0.4 is 0 Å². The third-order valence-corrected chi connectivity index (χ3v) is 10.6. The summed E-state index contributed by atoms with van der Waals surface area (Å²) in [6.45, 7) is 12.5. The Balaban J connectivity index is 1.41. The van der Waals surface area contributed by atoms with Gasteiger partial charge in [-0.05, 0) is 116 Å². The topological polar surface area (TPSA) is 20.2 Å². The van der Waals surface area contributed by atoms with Gasteiger partial charge in [0.1, 0.15) is 0 Å². The van der Waals surface area contributed by atoms with Crippen LogP contribution in [0.15, 0.2) is 0 Å². The number of rotatable bonds is 4. The number of hydrogen-bond donors (Lipinski definition) is 1. The Bertz CT molecular complexity index is 547. The first kappa shape index (κ1) is 21.2. The zero-order valence-electron chi connectivity index (χ0n) is 19.6. The van der Waals surface area contributed by atoms with Gasteiger partial charge < -0.3 is 5.11 Å². The van der Waals surface area contributed by atoms with Crippen LogP contribution in [0.3, 0.4) is 0 Å². The zero-order valence-corrected chi connectivity index (χ0v) is 19.6. The van der Waals surface area contributed by atoms with Crippen molar-refractivity contribution >= 4 is 0 Å². The highest BCUT2D eigenvalue weighted by atomic mass is 16.3. The molecule has 4 aliphatic carbocycles. The van der Waals surface area contributed by atoms with E-state index in [1.807, 2.05) is 0 Å². The molecule has 1 nitrogen and oxygen atoms in total. The van der Waals surface area contributed by atoms with Gasteiger partial charge in [-0.3, -0.25) is 0 Å². The van der Waals surface area contributed by atoms with E-state index in [9.17, 15) is 5.11 Å². The lowest BCUT2D eigenvalue weighted by molar-refractivity contribution is -0.127. The van der Waals surface area contributed by atoms with E-state index in [0.717, 1.165) is 42.4 Å². The Morgan fingerprint density at radius 3 is 2.29 bits per heavy atom. The summed E-state index contributed by atoms with van der Waals surface area (Å²) in [5.74, 6) is 4.75. The maximum atomic E-state index is 10.2. The second-order valence-electron chi connectivity index (χ2n) is 13.2. The first-order valence-corrected chi connectivity index (χ1v) is 12.8. The van der Waals surface area contributed by atoms with Crippen LogP contribution >= 0.6 is 0 Å². The number of unbranched alkanes of at least 4 members (excludes halogenated alkanes) is 1. The molecule has 3 unspecified atom stereocenters. The van der Waals surface area contributed by atoms with Gasteiger partial charge in [-0.2, -0.15) is 0 Å². The zero-order chi connectivity index (χ0) is 20.2. The summed E-state index contributed by atoms with van der Waals surface area (Å²) in [7, 11) is 0. The van der Waals surface area contributed by atoms with E-state index >= 15 is 0 Å². The maximum absolute atomic E-state index is 10.2. The van der Waals surface area contributed by atoms with E-state index in [2.05, 4.69) is 34.6 Å². The van der Waals surface area contributed by atoms with Crippen LogP contribution in [0.1, 0.15) is 118 Å². The highest BCUT2D eigenvalue weighted by molar-refractivity contribution is 5.09. The van der Waals surface area contributed by atoms with Crippen LogP contribution in [-0.4, -0.2) is 11.2 Å². The Hall–Kier alpha value is -0.0400. The molecule has 4 saturated carbocycles. The minimum atomic E-state index is -0.00700. The van der Waals surface area contributed by atoms with Gasteiger partial charge in [0, 0.05) is 0 Å². The molecule has 0 aromatic rings. The van der Waals surface area contributed by atoms with Gasteiger partial charge in [0.25, 0.3) is 0 Å². The van der Waals surface area contributed by atoms with E-state index in [1.165, 1.54) is 70.6 Å². The Labute approximate surface area is 175 Å². The third-order valence-electron chi connectivity index (χ3n) is 10.6. The summed E-state index contributed by atoms with van der Waals surface area (Å²) < 4.78 is 0. The molecule has 1 N–H and O–H groups in total. The minimum Gasteiger partial charge on any atom is -0.393 e. The van der Waals surface area contributed by atoms with E-state index in [-0.39, 0.29) is 6.10 Å². The summed E-state index contributed by atoms with van der Waals surface area (Å²) >= 11 is 0. The van der Waals surface area contributed by atoms with Crippen LogP contribution in [0.25, 0.3) is 0 Å². The average Bonchev–Trinajstić information content (AvgIpc) is 2.95. The van der Waals surface area contributed by atoms with Crippen molar-refractivity contribution in [2.24, 2.45) is 45.8 Å². The molecule has 0 aromatic heterocycles. The molecule has 0 amide bonds. The van der Waals surface area contributed by atoms with Crippen LogP contribution in [0.5, 0.6) is 0 Å². The lowest BCUT2D eigenvalue weighted by Crippen LogP contribution is -2.53. The number of hydrogen-bond acceptors (Lipinski definition) is 1. The molecule has 4 fully saturated rings. The van der Waals surface area contributed by atoms with E-state index < -0.39 is 0 Å². The highest BCUT2D eigenvalue weighted by Crippen LogP contribution is 2.67. The Kier molecular flexibility index (Phi) is 5.74. The maximum Gasteiger partial charge on any atom is 0.0543 e. The van der Waals surface area contributed by atoms with E-state index in [4.69, 9.17) is 0 Å². The molecular weight excluding hydrogens is 340 g/mol. The molecule has 162 valence electrons. The van der Waals surface area contributed by atoms with Gasteiger partial charge in [-0.1, -0.05) is 47.5 Å². The van der Waals surface area contributed by atoms with Gasteiger partial charge >= 0.3 is 0 Å². The fourth-order valence-electron chi connectivity index (χ4n) is 8.86. The van der Waals surface area contributed by atoms with E-state index in [1.54, 1.807) is 0 Å². The van der Waals surface area contributed by atoms with Crippen LogP contribution in [0.2, 0.25) is 0 Å². The van der Waals surface area contributed by atoms with Crippen molar-refractivity contribution in [1.29, 1.82) is 0 Å². The smallest absolute Gasteiger partial charge is 0.0543 e. The van der Waals surface area contributed by atoms with Crippen molar-refractivity contribution in [3.05, 3.63) is 0 Å². The molecule has 0 aliphatic heterocycles. The van der Waals surface area contributed by atoms with Crippen molar-refractivity contribution in [3.8, 4) is 0 Å². The SMILES string of the molecule is CC(C)(C)CCCC[C@H]1CCC2[C@@H]3CCC4C[C@@H](O)CC[C@]4(C)C3CC[C@@]21C. The van der Waals surface area contributed by atoms with Gasteiger partial charge in [-0.15, -0.1) is 0 Å². The second-order valence-corrected chi connectivity index (χ2v) is 13.2. The molecule has 28 heavy (non-hydrogen) atoms. The predicted octanol–water partition coefficient (Wildman–Crippen LogP) is 7.61. The number of fused-ring (bicyclic) bond motifs is 5. The molecule has 0 spiro atoms. The van der Waals surface area contributed by atoms with Crippen molar-refractivity contribution in [3.63, 3.8) is 0 Å². The van der Waals surface area contributed by atoms with Crippen molar-refractivity contribution < 1.29 is 5.11 Å². The summed E-state index contributed by atoms with van der Waals surface area (Å²) in [6.07, 6.45) is 18.1. The van der Waals surface area contributed by atoms with Gasteiger partial charge in [0.15, 0.2) is 0 Å². The fraction of sp³-hybridized carbons (Fsp3) is 1.00. The normalized spacial score (nSPS) is 48.6. The number of aliphatic hydroxyl groups is 1. The fourth-order valence-corrected chi connectivity index (χ4v) is 8.86. The Morgan fingerprint density at radius 1 is 0.821 bits per heavy atom. The van der Waals surface area contributed by atoms with Gasteiger partial charge in [0.2, 0.25) is 0 Å². The van der Waals surface area contributed by atoms with Crippen molar-refractivity contribution in [2.45, 2.75) is 124 Å². The lowest BCUT2D eigenvalue weighted by atomic mass is 9.44.